The lowest BCUT2D eigenvalue weighted by molar-refractivity contribution is -0.180. The van der Waals surface area contributed by atoms with E-state index in [-0.39, 0.29) is 0 Å². The van der Waals surface area contributed by atoms with Gasteiger partial charge in [-0.25, -0.2) is 0 Å². The van der Waals surface area contributed by atoms with Crippen LogP contribution in [0.1, 0.15) is 12.8 Å². The molecule has 0 aromatic carbocycles. The Balaban J connectivity index is 2.94. The van der Waals surface area contributed by atoms with Crippen LogP contribution >= 0.6 is 0 Å². The summed E-state index contributed by atoms with van der Waals surface area (Å²) in [5.41, 5.74) is -5.78. The molecule has 1 aliphatic carbocycles. The molecular weight excluding hydrogens is 306 g/mol. The molecule has 1 rings (SSSR count). The molecule has 11 heteroatoms. The van der Waals surface area contributed by atoms with Gasteiger partial charge in [0.2, 0.25) is 0 Å². The van der Waals surface area contributed by atoms with E-state index >= 15 is 0 Å². The summed E-state index contributed by atoms with van der Waals surface area (Å²) < 4.78 is 97.7. The molecule has 19 heavy (non-hydrogen) atoms. The predicted molar refractivity (Wildman–Crippen MR) is 47.9 cm³/mol. The topological polar surface area (TPSA) is 60.4 Å². The van der Waals surface area contributed by atoms with Crippen molar-refractivity contribution in [2.24, 2.45) is 5.92 Å². The van der Waals surface area contributed by atoms with Gasteiger partial charge in [0.1, 0.15) is 5.76 Å². The largest absolute Gasteiger partial charge is 0.534 e. The molecule has 0 radical (unpaired) electrons. The van der Waals surface area contributed by atoms with Gasteiger partial charge in [0.15, 0.2) is 5.78 Å². The molecule has 0 amide bonds. The number of alkyl halides is 6. The maximum Gasteiger partial charge on any atom is 0.534 e. The van der Waals surface area contributed by atoms with E-state index in [0.29, 0.717) is 6.08 Å². The number of allylic oxidation sites excluding steroid dienone is 2. The summed E-state index contributed by atoms with van der Waals surface area (Å²) in [7, 11) is -6.08. The van der Waals surface area contributed by atoms with Crippen LogP contribution in [-0.4, -0.2) is 25.9 Å². The molecule has 0 fully saturated rings. The van der Waals surface area contributed by atoms with E-state index in [4.69, 9.17) is 0 Å². The summed E-state index contributed by atoms with van der Waals surface area (Å²) in [5, 5.41) is 0. The maximum absolute atomic E-state index is 12.3. The quantitative estimate of drug-likeness (QED) is 0.446. The summed E-state index contributed by atoms with van der Waals surface area (Å²) in [6.07, 6.45) is -6.60. The zero-order valence-corrected chi connectivity index (χ0v) is 9.69. The fraction of sp³-hybridized carbons (Fsp3) is 0.625. The number of carbonyl (C=O) groups is 1. The third-order valence-corrected chi connectivity index (χ3v) is 3.18. The molecule has 0 aromatic rings. The number of carbonyl (C=O) groups excluding carboxylic acids is 1. The van der Waals surface area contributed by atoms with Crippen LogP contribution in [0.4, 0.5) is 26.3 Å². The van der Waals surface area contributed by atoms with Crippen LogP contribution in [0.15, 0.2) is 11.8 Å². The molecule has 1 atom stereocenters. The monoisotopic (exact) mass is 312 g/mol. The van der Waals surface area contributed by atoms with Crippen LogP contribution in [0.3, 0.4) is 0 Å². The van der Waals surface area contributed by atoms with Gasteiger partial charge in [-0.2, -0.15) is 34.8 Å². The average Bonchev–Trinajstić information content (AvgIpc) is 2.12. The molecule has 1 unspecified atom stereocenters. The Morgan fingerprint density at radius 3 is 2.05 bits per heavy atom. The highest BCUT2D eigenvalue weighted by molar-refractivity contribution is 7.87. The zero-order valence-electron chi connectivity index (χ0n) is 8.88. The number of rotatable bonds is 2. The van der Waals surface area contributed by atoms with Crippen molar-refractivity contribution in [2.45, 2.75) is 24.5 Å². The summed E-state index contributed by atoms with van der Waals surface area (Å²) in [5.74, 6) is -4.58. The van der Waals surface area contributed by atoms with E-state index in [1.165, 1.54) is 0 Å². The highest BCUT2D eigenvalue weighted by Crippen LogP contribution is 2.38. The second kappa shape index (κ2) is 4.69. The van der Waals surface area contributed by atoms with Gasteiger partial charge in [-0.05, 0) is 0 Å². The van der Waals surface area contributed by atoms with E-state index in [1.54, 1.807) is 0 Å². The molecule has 0 bridgehead atoms. The minimum Gasteiger partial charge on any atom is -0.380 e. The van der Waals surface area contributed by atoms with Crippen molar-refractivity contribution in [2.75, 3.05) is 0 Å². The third-order valence-electron chi connectivity index (χ3n) is 2.18. The van der Waals surface area contributed by atoms with Gasteiger partial charge in [-0.1, -0.05) is 0 Å². The molecule has 0 aromatic heterocycles. The molecule has 0 aliphatic heterocycles. The number of hydrogen-bond acceptors (Lipinski definition) is 4. The van der Waals surface area contributed by atoms with Crippen LogP contribution in [0.5, 0.6) is 0 Å². The van der Waals surface area contributed by atoms with Gasteiger partial charge < -0.3 is 4.18 Å². The summed E-state index contributed by atoms with van der Waals surface area (Å²) in [4.78, 5) is 10.9. The fourth-order valence-electron chi connectivity index (χ4n) is 1.33. The molecule has 0 spiro atoms. The normalized spacial score (nSPS) is 22.1. The standard InChI is InChI=1S/C8H6F6O4S/c9-7(10,11)4-1-5(15)3-6(2-4)18-19(16,17)8(12,13)14/h3-4H,1-2H2. The van der Waals surface area contributed by atoms with Crippen LogP contribution in [0.25, 0.3) is 0 Å². The van der Waals surface area contributed by atoms with E-state index in [2.05, 4.69) is 4.18 Å². The van der Waals surface area contributed by atoms with Gasteiger partial charge in [0.25, 0.3) is 0 Å². The summed E-state index contributed by atoms with van der Waals surface area (Å²) in [6.45, 7) is 0. The van der Waals surface area contributed by atoms with Gasteiger partial charge in [-0.3, -0.25) is 4.79 Å². The molecule has 1 aliphatic rings. The first-order valence-corrected chi connectivity index (χ1v) is 6.04. The average molecular weight is 312 g/mol. The van der Waals surface area contributed by atoms with Gasteiger partial charge in [-0.15, -0.1) is 0 Å². The van der Waals surface area contributed by atoms with Crippen LogP contribution in [0, 0.1) is 5.92 Å². The Morgan fingerprint density at radius 1 is 1.11 bits per heavy atom. The van der Waals surface area contributed by atoms with Gasteiger partial charge in [0, 0.05) is 18.9 Å². The second-order valence-electron chi connectivity index (χ2n) is 3.71. The van der Waals surface area contributed by atoms with Crippen LogP contribution < -0.4 is 0 Å². The Bertz CT molecular complexity index is 500. The maximum atomic E-state index is 12.3. The number of ketones is 1. The molecule has 0 saturated heterocycles. The first-order valence-electron chi connectivity index (χ1n) is 4.64. The van der Waals surface area contributed by atoms with E-state index in [1.807, 2.05) is 0 Å². The van der Waals surface area contributed by atoms with Crippen molar-refractivity contribution in [1.82, 2.24) is 0 Å². The van der Waals surface area contributed by atoms with Crippen LogP contribution in [0.2, 0.25) is 0 Å². The van der Waals surface area contributed by atoms with Crippen molar-refractivity contribution >= 4 is 15.9 Å². The smallest absolute Gasteiger partial charge is 0.380 e. The molecule has 0 N–H and O–H groups in total. The van der Waals surface area contributed by atoms with E-state index in [9.17, 15) is 39.6 Å². The van der Waals surface area contributed by atoms with Crippen LogP contribution in [-0.2, 0) is 19.1 Å². The Kier molecular flexibility index (Phi) is 3.90. The fourth-order valence-corrected chi connectivity index (χ4v) is 1.83. The number of hydrogen-bond donors (Lipinski definition) is 0. The van der Waals surface area contributed by atoms with Crippen molar-refractivity contribution in [1.29, 1.82) is 0 Å². The molecule has 110 valence electrons. The first-order chi connectivity index (χ1) is 8.33. The van der Waals surface area contributed by atoms with Crippen molar-refractivity contribution < 1.29 is 43.7 Å². The van der Waals surface area contributed by atoms with E-state index in [0.717, 1.165) is 0 Å². The second-order valence-corrected chi connectivity index (χ2v) is 5.24. The van der Waals surface area contributed by atoms with Crippen molar-refractivity contribution in [3.8, 4) is 0 Å². The van der Waals surface area contributed by atoms with Crippen molar-refractivity contribution in [3.05, 3.63) is 11.8 Å². The van der Waals surface area contributed by atoms with Gasteiger partial charge in [0.05, 0.1) is 5.92 Å². The minimum atomic E-state index is -6.08. The Labute approximate surface area is 103 Å². The van der Waals surface area contributed by atoms with E-state index < -0.39 is 52.1 Å². The zero-order chi connectivity index (χ0) is 15.1. The lowest BCUT2D eigenvalue weighted by atomic mass is 9.92. The lowest BCUT2D eigenvalue weighted by Gasteiger charge is -2.24. The minimum absolute atomic E-state index is 0.325. The summed E-state index contributed by atoms with van der Waals surface area (Å²) in [6, 6.07) is 0. The Hall–Kier alpha value is -1.26. The predicted octanol–water partition coefficient (Wildman–Crippen LogP) is 2.28. The molecule has 0 saturated carbocycles. The number of halogens is 6. The van der Waals surface area contributed by atoms with Crippen molar-refractivity contribution in [3.63, 3.8) is 0 Å². The lowest BCUT2D eigenvalue weighted by Crippen LogP contribution is -2.31. The van der Waals surface area contributed by atoms with Gasteiger partial charge >= 0.3 is 21.8 Å². The highest BCUT2D eigenvalue weighted by atomic mass is 32.2. The molecule has 4 nitrogen and oxygen atoms in total. The third kappa shape index (κ3) is 3.85. The SMILES string of the molecule is O=C1C=C(OS(=O)(=O)C(F)(F)F)CC(C(F)(F)F)C1. The molecule has 0 heterocycles. The summed E-state index contributed by atoms with van der Waals surface area (Å²) >= 11 is 0. The molecular formula is C8H6F6O4S. The highest BCUT2D eigenvalue weighted by Gasteiger charge is 2.50. The first kappa shape index (κ1) is 15.8. The Morgan fingerprint density at radius 2 is 1.63 bits per heavy atom.